The van der Waals surface area contributed by atoms with E-state index in [-0.39, 0.29) is 5.24 Å². The quantitative estimate of drug-likeness (QED) is 0.842. The van der Waals surface area contributed by atoms with Gasteiger partial charge in [-0.3, -0.25) is 4.79 Å². The molecule has 0 aliphatic heterocycles. The van der Waals surface area contributed by atoms with Gasteiger partial charge in [0.1, 0.15) is 0 Å². The third-order valence-electron chi connectivity index (χ3n) is 4.40. The van der Waals surface area contributed by atoms with Crippen molar-refractivity contribution in [3.8, 4) is 0 Å². The van der Waals surface area contributed by atoms with E-state index in [2.05, 4.69) is 24.3 Å². The van der Waals surface area contributed by atoms with Crippen molar-refractivity contribution < 1.29 is 4.79 Å². The molecule has 2 N–H and O–H groups in total. The zero-order valence-electron chi connectivity index (χ0n) is 12.0. The summed E-state index contributed by atoms with van der Waals surface area (Å²) >= 11 is 5.22. The molecule has 0 radical (unpaired) electrons. The van der Waals surface area contributed by atoms with Crippen LogP contribution in [0, 0.1) is 5.92 Å². The van der Waals surface area contributed by atoms with Gasteiger partial charge in [-0.2, -0.15) is 0 Å². The predicted molar refractivity (Wildman–Crippen MR) is 83.7 cm³/mol. The molecule has 1 saturated carbocycles. The van der Waals surface area contributed by atoms with Gasteiger partial charge in [0, 0.05) is 12.5 Å². The number of hydrogen-bond donors (Lipinski definition) is 1. The molecule has 1 atom stereocenters. The largest absolute Gasteiger partial charge is 0.324 e. The maximum atomic E-state index is 10.4. The van der Waals surface area contributed by atoms with E-state index in [1.165, 1.54) is 36.8 Å². The van der Waals surface area contributed by atoms with E-state index in [1.54, 1.807) is 0 Å². The summed E-state index contributed by atoms with van der Waals surface area (Å²) in [6, 6.07) is 8.74. The molecular weight excluding hydrogens is 270 g/mol. The van der Waals surface area contributed by atoms with E-state index in [0.717, 1.165) is 25.2 Å². The summed E-state index contributed by atoms with van der Waals surface area (Å²) in [5.74, 6) is 0.794. The van der Waals surface area contributed by atoms with Crippen molar-refractivity contribution in [2.45, 2.75) is 57.4 Å². The van der Waals surface area contributed by atoms with Crippen molar-refractivity contribution in [1.29, 1.82) is 0 Å². The number of hydrogen-bond acceptors (Lipinski definition) is 2. The lowest BCUT2D eigenvalue weighted by molar-refractivity contribution is -0.111. The maximum Gasteiger partial charge on any atom is 0.221 e. The van der Waals surface area contributed by atoms with E-state index in [1.807, 2.05) is 0 Å². The average molecular weight is 294 g/mol. The summed E-state index contributed by atoms with van der Waals surface area (Å²) in [6.45, 7) is 0. The van der Waals surface area contributed by atoms with Crippen molar-refractivity contribution >= 4 is 16.8 Å². The van der Waals surface area contributed by atoms with E-state index in [4.69, 9.17) is 17.3 Å². The van der Waals surface area contributed by atoms with Gasteiger partial charge in [0.25, 0.3) is 0 Å². The highest BCUT2D eigenvalue weighted by Crippen LogP contribution is 2.29. The molecule has 0 heterocycles. The van der Waals surface area contributed by atoms with Gasteiger partial charge in [-0.05, 0) is 47.9 Å². The fourth-order valence-electron chi connectivity index (χ4n) is 3.21. The van der Waals surface area contributed by atoms with Gasteiger partial charge in [0.15, 0.2) is 0 Å². The minimum Gasteiger partial charge on any atom is -0.324 e. The number of carbonyl (C=O) groups is 1. The highest BCUT2D eigenvalue weighted by molar-refractivity contribution is 6.63. The Balaban J connectivity index is 0.000000147. The van der Waals surface area contributed by atoms with Crippen LogP contribution in [-0.2, 0) is 11.2 Å². The van der Waals surface area contributed by atoms with Crippen LogP contribution in [0.3, 0.4) is 0 Å². The van der Waals surface area contributed by atoms with Crippen LogP contribution in [0.1, 0.15) is 62.1 Å². The van der Waals surface area contributed by atoms with Gasteiger partial charge < -0.3 is 5.73 Å². The number of carbonyl (C=O) groups excluding carboxylic acids is 1. The van der Waals surface area contributed by atoms with Crippen LogP contribution in [0.2, 0.25) is 0 Å². The summed E-state index contributed by atoms with van der Waals surface area (Å²) < 4.78 is 0. The molecular formula is C17H24ClNO. The number of benzene rings is 1. The lowest BCUT2D eigenvalue weighted by Gasteiger charge is -2.04. The van der Waals surface area contributed by atoms with E-state index < -0.39 is 0 Å². The minimum absolute atomic E-state index is 0.174. The van der Waals surface area contributed by atoms with Crippen LogP contribution in [0.15, 0.2) is 24.3 Å². The van der Waals surface area contributed by atoms with Gasteiger partial charge >= 0.3 is 0 Å². The molecule has 0 spiro atoms. The summed E-state index contributed by atoms with van der Waals surface area (Å²) in [7, 11) is 0. The number of aryl methyl sites for hydroxylation is 1. The minimum atomic E-state index is -0.174. The Morgan fingerprint density at radius 2 is 1.90 bits per heavy atom. The summed E-state index contributed by atoms with van der Waals surface area (Å²) in [4.78, 5) is 10.4. The van der Waals surface area contributed by atoms with Crippen molar-refractivity contribution in [1.82, 2.24) is 0 Å². The van der Waals surface area contributed by atoms with Crippen LogP contribution in [0.4, 0.5) is 0 Å². The topological polar surface area (TPSA) is 43.1 Å². The van der Waals surface area contributed by atoms with Gasteiger partial charge in [-0.25, -0.2) is 0 Å². The second-order valence-electron chi connectivity index (χ2n) is 5.89. The van der Waals surface area contributed by atoms with Gasteiger partial charge in [-0.1, -0.05) is 49.9 Å². The van der Waals surface area contributed by atoms with E-state index in [9.17, 15) is 4.79 Å². The van der Waals surface area contributed by atoms with Crippen molar-refractivity contribution in [2.75, 3.05) is 0 Å². The van der Waals surface area contributed by atoms with Crippen molar-refractivity contribution in [2.24, 2.45) is 11.7 Å². The molecule has 2 aliphatic rings. The Kier molecular flexibility index (Phi) is 6.06. The first-order valence-electron chi connectivity index (χ1n) is 7.68. The third kappa shape index (κ3) is 4.60. The molecule has 0 saturated heterocycles. The second kappa shape index (κ2) is 7.80. The fraction of sp³-hybridized carbons (Fsp3) is 0.588. The monoisotopic (exact) mass is 293 g/mol. The first-order chi connectivity index (χ1) is 9.66. The molecule has 2 aliphatic carbocycles. The number of nitrogens with two attached hydrogens (primary N) is 1. The van der Waals surface area contributed by atoms with Crippen LogP contribution in [0.25, 0.3) is 0 Å². The molecule has 3 rings (SSSR count). The molecule has 20 heavy (non-hydrogen) atoms. The van der Waals surface area contributed by atoms with Gasteiger partial charge in [0.2, 0.25) is 5.24 Å². The second-order valence-corrected chi connectivity index (χ2v) is 6.31. The maximum absolute atomic E-state index is 10.4. The first-order valence-corrected chi connectivity index (χ1v) is 8.06. The van der Waals surface area contributed by atoms with E-state index >= 15 is 0 Å². The normalized spacial score (nSPS) is 21.2. The number of rotatable bonds is 3. The lowest BCUT2D eigenvalue weighted by Crippen LogP contribution is -2.04. The van der Waals surface area contributed by atoms with Crippen LogP contribution < -0.4 is 5.73 Å². The SMILES string of the molecule is NC1CCc2ccccc21.O=C(Cl)CCC1CCCC1. The van der Waals surface area contributed by atoms with Crippen molar-refractivity contribution in [3.05, 3.63) is 35.4 Å². The van der Waals surface area contributed by atoms with Crippen LogP contribution in [-0.4, -0.2) is 5.24 Å². The zero-order valence-corrected chi connectivity index (χ0v) is 12.7. The Morgan fingerprint density at radius 3 is 2.55 bits per heavy atom. The van der Waals surface area contributed by atoms with E-state index in [0.29, 0.717) is 12.5 Å². The van der Waals surface area contributed by atoms with Gasteiger partial charge in [0.05, 0.1) is 0 Å². The average Bonchev–Trinajstić information content (AvgIpc) is 3.08. The summed E-state index contributed by atoms with van der Waals surface area (Å²) in [5, 5.41) is -0.174. The summed E-state index contributed by atoms with van der Waals surface area (Å²) in [5.41, 5.74) is 8.64. The lowest BCUT2D eigenvalue weighted by atomic mass is 10.0. The number of halogens is 1. The Bertz CT molecular complexity index is 440. The molecule has 0 bridgehead atoms. The molecule has 1 unspecified atom stereocenters. The Labute approximate surface area is 126 Å². The molecule has 1 fully saturated rings. The predicted octanol–water partition coefficient (Wildman–Crippen LogP) is 4.35. The molecule has 0 amide bonds. The fourth-order valence-corrected chi connectivity index (χ4v) is 3.32. The number of fused-ring (bicyclic) bond motifs is 1. The molecule has 3 heteroatoms. The standard InChI is InChI=1S/C9H11N.C8H13ClO/c10-9-6-5-7-3-1-2-4-8(7)9;9-8(10)6-5-7-3-1-2-4-7/h1-4,9H,5-6,10H2;7H,1-6H2. The molecule has 2 nitrogen and oxygen atoms in total. The molecule has 1 aromatic carbocycles. The first kappa shape index (κ1) is 15.5. The highest BCUT2D eigenvalue weighted by Gasteiger charge is 2.17. The molecule has 0 aromatic heterocycles. The Morgan fingerprint density at radius 1 is 1.20 bits per heavy atom. The highest BCUT2D eigenvalue weighted by atomic mass is 35.5. The molecule has 1 aromatic rings. The third-order valence-corrected chi connectivity index (χ3v) is 4.59. The van der Waals surface area contributed by atoms with Crippen LogP contribution in [0.5, 0.6) is 0 Å². The van der Waals surface area contributed by atoms with Gasteiger partial charge in [-0.15, -0.1) is 0 Å². The summed E-state index contributed by atoms with van der Waals surface area (Å²) in [6.07, 6.45) is 9.20. The smallest absolute Gasteiger partial charge is 0.221 e. The van der Waals surface area contributed by atoms with Crippen molar-refractivity contribution in [3.63, 3.8) is 0 Å². The zero-order chi connectivity index (χ0) is 14.4. The van der Waals surface area contributed by atoms with Crippen LogP contribution >= 0.6 is 11.6 Å². The molecule has 110 valence electrons. The Hall–Kier alpha value is -0.860.